The third-order valence-electron chi connectivity index (χ3n) is 3.73. The summed E-state index contributed by atoms with van der Waals surface area (Å²) in [5, 5.41) is 2.88. The second kappa shape index (κ2) is 5.92. The standard InChI is InChI=1S/C18H11ClFNO2S/c19-13-8-11(20)5-6-14(13)21-18(22)16-7-10-9-23-15-4-2-1-3-12(15)17(10)24-16/h1-8H,9H2,(H,21,22). The van der Waals surface area contributed by atoms with Crippen LogP contribution in [-0.2, 0) is 6.61 Å². The van der Waals surface area contributed by atoms with Crippen LogP contribution in [0.25, 0.3) is 10.4 Å². The van der Waals surface area contributed by atoms with E-state index in [4.69, 9.17) is 16.3 Å². The molecule has 0 fully saturated rings. The molecule has 0 spiro atoms. The van der Waals surface area contributed by atoms with Gasteiger partial charge in [-0.2, -0.15) is 0 Å². The summed E-state index contributed by atoms with van der Waals surface area (Å²) in [5.74, 6) is 0.0964. The highest BCUT2D eigenvalue weighted by atomic mass is 35.5. The van der Waals surface area contributed by atoms with Crippen molar-refractivity contribution in [1.82, 2.24) is 0 Å². The second-order valence-electron chi connectivity index (χ2n) is 5.33. The third-order valence-corrected chi connectivity index (χ3v) is 5.25. The van der Waals surface area contributed by atoms with E-state index in [2.05, 4.69) is 5.32 Å². The molecular formula is C18H11ClFNO2S. The molecule has 120 valence electrons. The Labute approximate surface area is 146 Å². The molecular weight excluding hydrogens is 349 g/mol. The predicted octanol–water partition coefficient (Wildman–Crippen LogP) is 5.35. The lowest BCUT2D eigenvalue weighted by Gasteiger charge is -2.16. The molecule has 1 aromatic heterocycles. The summed E-state index contributed by atoms with van der Waals surface area (Å²) in [4.78, 5) is 14.1. The Hall–Kier alpha value is -2.37. The number of para-hydroxylation sites is 1. The van der Waals surface area contributed by atoms with E-state index in [0.29, 0.717) is 17.2 Å². The molecule has 3 nitrogen and oxygen atoms in total. The summed E-state index contributed by atoms with van der Waals surface area (Å²) in [6.07, 6.45) is 0. The van der Waals surface area contributed by atoms with E-state index in [1.54, 1.807) is 0 Å². The van der Waals surface area contributed by atoms with Gasteiger partial charge in [0.1, 0.15) is 18.2 Å². The summed E-state index contributed by atoms with van der Waals surface area (Å²) >= 11 is 7.36. The minimum Gasteiger partial charge on any atom is -0.488 e. The van der Waals surface area contributed by atoms with Gasteiger partial charge in [-0.25, -0.2) is 4.39 Å². The number of carbonyl (C=O) groups excluding carboxylic acids is 1. The topological polar surface area (TPSA) is 38.3 Å². The Morgan fingerprint density at radius 2 is 2.04 bits per heavy atom. The fraction of sp³-hybridized carbons (Fsp3) is 0.0556. The van der Waals surface area contributed by atoms with E-state index in [-0.39, 0.29) is 10.9 Å². The van der Waals surface area contributed by atoms with Crippen LogP contribution < -0.4 is 10.1 Å². The van der Waals surface area contributed by atoms with Crippen LogP contribution in [0.15, 0.2) is 48.5 Å². The summed E-state index contributed by atoms with van der Waals surface area (Å²) in [5.41, 5.74) is 2.35. The summed E-state index contributed by atoms with van der Waals surface area (Å²) in [7, 11) is 0. The number of fused-ring (bicyclic) bond motifs is 3. The molecule has 0 aliphatic carbocycles. The lowest BCUT2D eigenvalue weighted by Crippen LogP contribution is -2.10. The molecule has 2 heterocycles. The van der Waals surface area contributed by atoms with E-state index >= 15 is 0 Å². The zero-order valence-corrected chi connectivity index (χ0v) is 13.9. The Kier molecular flexibility index (Phi) is 3.75. The monoisotopic (exact) mass is 359 g/mol. The van der Waals surface area contributed by atoms with Gasteiger partial charge in [0.25, 0.3) is 5.91 Å². The van der Waals surface area contributed by atoms with Gasteiger partial charge in [0, 0.05) is 16.0 Å². The number of nitrogens with one attached hydrogen (secondary N) is 1. The largest absolute Gasteiger partial charge is 0.488 e. The first-order chi connectivity index (χ1) is 11.6. The van der Waals surface area contributed by atoms with Crippen molar-refractivity contribution in [2.24, 2.45) is 0 Å². The van der Waals surface area contributed by atoms with Gasteiger partial charge in [-0.1, -0.05) is 23.7 Å². The van der Waals surface area contributed by atoms with Gasteiger partial charge >= 0.3 is 0 Å². The molecule has 24 heavy (non-hydrogen) atoms. The van der Waals surface area contributed by atoms with Crippen molar-refractivity contribution < 1.29 is 13.9 Å². The molecule has 0 radical (unpaired) electrons. The Bertz CT molecular complexity index is 954. The van der Waals surface area contributed by atoms with Gasteiger partial charge in [0.05, 0.1) is 15.6 Å². The zero-order chi connectivity index (χ0) is 16.7. The van der Waals surface area contributed by atoms with Gasteiger partial charge in [-0.15, -0.1) is 11.3 Å². The van der Waals surface area contributed by atoms with Crippen LogP contribution in [0.1, 0.15) is 15.2 Å². The van der Waals surface area contributed by atoms with E-state index in [0.717, 1.165) is 21.8 Å². The number of rotatable bonds is 2. The van der Waals surface area contributed by atoms with Crippen LogP contribution in [0, 0.1) is 5.82 Å². The maximum absolute atomic E-state index is 13.1. The number of hydrogen-bond donors (Lipinski definition) is 1. The molecule has 6 heteroatoms. The van der Waals surface area contributed by atoms with E-state index in [1.807, 2.05) is 30.3 Å². The number of hydrogen-bond acceptors (Lipinski definition) is 3. The molecule has 1 N–H and O–H groups in total. The quantitative estimate of drug-likeness (QED) is 0.669. The number of amides is 1. The molecule has 4 rings (SSSR count). The number of halogens is 2. The average molecular weight is 360 g/mol. The molecule has 1 aliphatic rings. The van der Waals surface area contributed by atoms with Crippen molar-refractivity contribution >= 4 is 34.5 Å². The summed E-state index contributed by atoms with van der Waals surface area (Å²) in [6, 6.07) is 13.4. The highest BCUT2D eigenvalue weighted by molar-refractivity contribution is 7.17. The second-order valence-corrected chi connectivity index (χ2v) is 6.79. The molecule has 0 saturated carbocycles. The normalized spacial score (nSPS) is 12.1. The van der Waals surface area contributed by atoms with Crippen LogP contribution in [0.5, 0.6) is 5.75 Å². The number of carbonyl (C=O) groups is 1. The van der Waals surface area contributed by atoms with Gasteiger partial charge in [-0.05, 0) is 36.4 Å². The SMILES string of the molecule is O=C(Nc1ccc(F)cc1Cl)c1cc2c(s1)-c1ccccc1OC2. The Morgan fingerprint density at radius 1 is 1.21 bits per heavy atom. The molecule has 0 bridgehead atoms. The molecule has 1 aliphatic heterocycles. The van der Waals surface area contributed by atoms with Crippen molar-refractivity contribution in [2.75, 3.05) is 5.32 Å². The van der Waals surface area contributed by atoms with Gasteiger partial charge in [0.2, 0.25) is 0 Å². The van der Waals surface area contributed by atoms with E-state index < -0.39 is 5.82 Å². The molecule has 3 aromatic rings. The average Bonchev–Trinajstić information content (AvgIpc) is 3.02. The maximum Gasteiger partial charge on any atom is 0.265 e. The highest BCUT2D eigenvalue weighted by Crippen LogP contribution is 2.42. The minimum absolute atomic E-state index is 0.165. The number of thiophene rings is 1. The number of ether oxygens (including phenoxy) is 1. The molecule has 0 atom stereocenters. The van der Waals surface area contributed by atoms with E-state index in [9.17, 15) is 9.18 Å². The first kappa shape index (κ1) is 15.2. The maximum atomic E-state index is 13.1. The molecule has 0 saturated heterocycles. The Morgan fingerprint density at radius 3 is 2.88 bits per heavy atom. The molecule has 2 aromatic carbocycles. The van der Waals surface area contributed by atoms with Crippen molar-refractivity contribution in [3.8, 4) is 16.2 Å². The van der Waals surface area contributed by atoms with Crippen LogP contribution in [0.2, 0.25) is 5.02 Å². The van der Waals surface area contributed by atoms with Crippen molar-refractivity contribution in [2.45, 2.75) is 6.61 Å². The van der Waals surface area contributed by atoms with Crippen molar-refractivity contribution in [3.63, 3.8) is 0 Å². The van der Waals surface area contributed by atoms with Crippen LogP contribution in [-0.4, -0.2) is 5.91 Å². The Balaban J connectivity index is 1.64. The lowest BCUT2D eigenvalue weighted by molar-refractivity contribution is 0.103. The van der Waals surface area contributed by atoms with E-state index in [1.165, 1.54) is 29.5 Å². The van der Waals surface area contributed by atoms with Crippen LogP contribution in [0.4, 0.5) is 10.1 Å². The predicted molar refractivity (Wildman–Crippen MR) is 93.5 cm³/mol. The van der Waals surface area contributed by atoms with Crippen molar-refractivity contribution in [3.05, 3.63) is 69.8 Å². The van der Waals surface area contributed by atoms with Gasteiger partial charge < -0.3 is 10.1 Å². The van der Waals surface area contributed by atoms with Crippen LogP contribution >= 0.6 is 22.9 Å². The zero-order valence-electron chi connectivity index (χ0n) is 12.3. The highest BCUT2D eigenvalue weighted by Gasteiger charge is 2.22. The number of anilines is 1. The summed E-state index contributed by atoms with van der Waals surface area (Å²) in [6.45, 7) is 0.438. The van der Waals surface area contributed by atoms with Crippen molar-refractivity contribution in [1.29, 1.82) is 0 Å². The molecule has 1 amide bonds. The third kappa shape index (κ3) is 2.66. The first-order valence-electron chi connectivity index (χ1n) is 7.23. The minimum atomic E-state index is -0.446. The molecule has 0 unspecified atom stereocenters. The smallest absolute Gasteiger partial charge is 0.265 e. The number of benzene rings is 2. The van der Waals surface area contributed by atoms with Gasteiger partial charge in [-0.3, -0.25) is 4.79 Å². The lowest BCUT2D eigenvalue weighted by atomic mass is 10.1. The fourth-order valence-electron chi connectivity index (χ4n) is 2.59. The van der Waals surface area contributed by atoms with Gasteiger partial charge in [0.15, 0.2) is 0 Å². The first-order valence-corrected chi connectivity index (χ1v) is 8.42. The summed E-state index contributed by atoms with van der Waals surface area (Å²) < 4.78 is 18.8. The van der Waals surface area contributed by atoms with Crippen LogP contribution in [0.3, 0.4) is 0 Å². The fourth-order valence-corrected chi connectivity index (χ4v) is 3.89.